The predicted molar refractivity (Wildman–Crippen MR) is 76.4 cm³/mol. The Morgan fingerprint density at radius 1 is 0.842 bits per heavy atom. The Labute approximate surface area is 113 Å². The zero-order valence-corrected chi connectivity index (χ0v) is 12.9. The van der Waals surface area contributed by atoms with Gasteiger partial charge >= 0.3 is 113 Å². The van der Waals surface area contributed by atoms with Crippen LogP contribution in [-0.2, 0) is 0 Å². The second kappa shape index (κ2) is 3.87. The summed E-state index contributed by atoms with van der Waals surface area (Å²) in [6, 6.07) is 9.94. The number of carbonyl (C=O) groups excluding carboxylic acids is 1. The van der Waals surface area contributed by atoms with Crippen molar-refractivity contribution < 1.29 is 15.0 Å². The third-order valence-electron chi connectivity index (χ3n) is 3.84. The molecule has 2 aromatic rings. The van der Waals surface area contributed by atoms with E-state index in [-0.39, 0.29) is 17.3 Å². The van der Waals surface area contributed by atoms with Gasteiger partial charge in [-0.2, -0.15) is 0 Å². The van der Waals surface area contributed by atoms with Crippen molar-refractivity contribution in [3.8, 4) is 11.5 Å². The molecule has 0 bridgehead atoms. The van der Waals surface area contributed by atoms with Gasteiger partial charge in [-0.1, -0.05) is 0 Å². The van der Waals surface area contributed by atoms with Crippen molar-refractivity contribution in [2.24, 2.45) is 0 Å². The van der Waals surface area contributed by atoms with Crippen LogP contribution in [0.25, 0.3) is 0 Å². The van der Waals surface area contributed by atoms with Crippen molar-refractivity contribution in [1.29, 1.82) is 0 Å². The molecule has 3 rings (SSSR count). The molecule has 4 heteroatoms. The van der Waals surface area contributed by atoms with Gasteiger partial charge in [0.25, 0.3) is 0 Å². The van der Waals surface area contributed by atoms with Crippen molar-refractivity contribution in [2.75, 3.05) is 0 Å². The SMILES string of the molecule is [CH3][Ge]1([CH3])[c]2cc(O)ccc2C(=O)c2ccc(O)c[c]21. The van der Waals surface area contributed by atoms with E-state index in [0.717, 1.165) is 8.79 Å². The van der Waals surface area contributed by atoms with Gasteiger partial charge in [0.1, 0.15) is 0 Å². The van der Waals surface area contributed by atoms with Gasteiger partial charge in [-0.15, -0.1) is 0 Å². The summed E-state index contributed by atoms with van der Waals surface area (Å²) in [5.41, 5.74) is 1.39. The molecule has 19 heavy (non-hydrogen) atoms. The number of hydrogen-bond acceptors (Lipinski definition) is 3. The summed E-state index contributed by atoms with van der Waals surface area (Å²) >= 11 is -2.65. The van der Waals surface area contributed by atoms with Crippen LogP contribution < -0.4 is 8.79 Å². The van der Waals surface area contributed by atoms with Gasteiger partial charge in [-0.25, -0.2) is 0 Å². The molecule has 2 aromatic carbocycles. The molecule has 0 saturated carbocycles. The summed E-state index contributed by atoms with van der Waals surface area (Å²) in [6.45, 7) is 0. The van der Waals surface area contributed by atoms with Crippen LogP contribution in [0.1, 0.15) is 15.9 Å². The second-order valence-corrected chi connectivity index (χ2v) is 14.5. The van der Waals surface area contributed by atoms with E-state index < -0.39 is 13.3 Å². The van der Waals surface area contributed by atoms with Crippen LogP contribution in [0.5, 0.6) is 11.5 Å². The maximum atomic E-state index is 12.5. The molecule has 1 aliphatic rings. The first-order chi connectivity index (χ1) is 8.91. The average molecular weight is 315 g/mol. The molecule has 0 fully saturated rings. The van der Waals surface area contributed by atoms with Gasteiger partial charge in [0.2, 0.25) is 0 Å². The molecule has 1 heterocycles. The fraction of sp³-hybridized carbons (Fsp3) is 0.133. The maximum absolute atomic E-state index is 12.5. The molecule has 0 aliphatic carbocycles. The van der Waals surface area contributed by atoms with Crippen molar-refractivity contribution in [2.45, 2.75) is 11.5 Å². The molecule has 0 saturated heterocycles. The molecule has 1 aliphatic heterocycles. The molecule has 0 aromatic heterocycles. The summed E-state index contributed by atoms with van der Waals surface area (Å²) < 4.78 is 1.95. The number of ketones is 1. The Morgan fingerprint density at radius 3 is 1.68 bits per heavy atom. The van der Waals surface area contributed by atoms with Crippen molar-refractivity contribution in [3.05, 3.63) is 47.5 Å². The predicted octanol–water partition coefficient (Wildman–Crippen LogP) is 1.46. The van der Waals surface area contributed by atoms with Crippen LogP contribution in [-0.4, -0.2) is 29.3 Å². The van der Waals surface area contributed by atoms with Crippen LogP contribution in [0.3, 0.4) is 0 Å². The third-order valence-corrected chi connectivity index (χ3v) is 11.2. The monoisotopic (exact) mass is 316 g/mol. The first-order valence-electron chi connectivity index (χ1n) is 6.13. The fourth-order valence-electron chi connectivity index (χ4n) is 2.78. The van der Waals surface area contributed by atoms with E-state index in [9.17, 15) is 15.0 Å². The quantitative estimate of drug-likeness (QED) is 0.724. The first-order valence-corrected chi connectivity index (χ1v) is 12.4. The number of phenolic OH excluding ortho intramolecular Hbond substituents is 2. The van der Waals surface area contributed by atoms with E-state index in [4.69, 9.17) is 0 Å². The van der Waals surface area contributed by atoms with Gasteiger partial charge in [-0.05, 0) is 0 Å². The van der Waals surface area contributed by atoms with Crippen LogP contribution in [0.2, 0.25) is 11.5 Å². The van der Waals surface area contributed by atoms with Crippen LogP contribution in [0.4, 0.5) is 0 Å². The van der Waals surface area contributed by atoms with E-state index in [1.165, 1.54) is 0 Å². The molecular weight excluding hydrogens is 301 g/mol. The Morgan fingerprint density at radius 2 is 1.26 bits per heavy atom. The summed E-state index contributed by atoms with van der Waals surface area (Å²) in [7, 11) is 0. The Bertz CT molecular complexity index is 647. The first kappa shape index (κ1) is 12.3. The molecule has 0 spiro atoms. The van der Waals surface area contributed by atoms with Crippen LogP contribution in [0.15, 0.2) is 36.4 Å². The van der Waals surface area contributed by atoms with Gasteiger partial charge < -0.3 is 0 Å². The number of aromatic hydroxyl groups is 2. The number of carbonyl (C=O) groups is 1. The molecule has 0 radical (unpaired) electrons. The van der Waals surface area contributed by atoms with Crippen LogP contribution in [0, 0.1) is 0 Å². The van der Waals surface area contributed by atoms with Crippen molar-refractivity contribution in [1.82, 2.24) is 0 Å². The molecule has 0 unspecified atom stereocenters. The normalized spacial score (nSPS) is 15.8. The average Bonchev–Trinajstić information content (AvgIpc) is 2.36. The fourth-order valence-corrected chi connectivity index (χ4v) is 9.18. The molecule has 2 N–H and O–H groups in total. The van der Waals surface area contributed by atoms with Gasteiger partial charge in [0, 0.05) is 0 Å². The minimum atomic E-state index is -2.65. The molecular formula is C15H14GeO3. The number of hydrogen-bond donors (Lipinski definition) is 2. The van der Waals surface area contributed by atoms with E-state index in [1.54, 1.807) is 36.4 Å². The summed E-state index contributed by atoms with van der Waals surface area (Å²) in [4.78, 5) is 12.5. The molecule has 96 valence electrons. The summed E-state index contributed by atoms with van der Waals surface area (Å²) in [5, 5.41) is 19.4. The summed E-state index contributed by atoms with van der Waals surface area (Å²) in [6.07, 6.45) is 0. The number of fused-ring (bicyclic) bond motifs is 2. The Balaban J connectivity index is 2.36. The Hall–Kier alpha value is -1.75. The van der Waals surface area contributed by atoms with Crippen LogP contribution >= 0.6 is 0 Å². The molecule has 0 amide bonds. The number of benzene rings is 2. The summed E-state index contributed by atoms with van der Waals surface area (Å²) in [5.74, 6) is 4.70. The Kier molecular flexibility index (Phi) is 2.51. The van der Waals surface area contributed by atoms with E-state index in [2.05, 4.69) is 11.5 Å². The van der Waals surface area contributed by atoms with E-state index >= 15 is 0 Å². The number of rotatable bonds is 0. The van der Waals surface area contributed by atoms with E-state index in [1.807, 2.05) is 0 Å². The van der Waals surface area contributed by atoms with E-state index in [0.29, 0.717) is 11.1 Å². The van der Waals surface area contributed by atoms with Crippen molar-refractivity contribution in [3.63, 3.8) is 0 Å². The van der Waals surface area contributed by atoms with Gasteiger partial charge in [-0.3, -0.25) is 0 Å². The van der Waals surface area contributed by atoms with Gasteiger partial charge in [0.05, 0.1) is 0 Å². The van der Waals surface area contributed by atoms with Crippen molar-refractivity contribution >= 4 is 27.8 Å². The zero-order valence-electron chi connectivity index (χ0n) is 10.8. The zero-order chi connectivity index (χ0) is 13.8. The van der Waals surface area contributed by atoms with Gasteiger partial charge in [0.15, 0.2) is 0 Å². The standard InChI is InChI=1S/C15H14GeO3/c1-16(2)13-7-9(17)3-5-11(13)15(19)12-6-4-10(18)8-14(12)16/h3-8,17-18H,1-2H3. The molecule has 0 atom stereocenters. The second-order valence-electron chi connectivity index (χ2n) is 5.41. The third kappa shape index (κ3) is 1.69. The number of phenols is 2. The molecule has 3 nitrogen and oxygen atoms in total. The minimum absolute atomic E-state index is 0.0186. The topological polar surface area (TPSA) is 57.5 Å².